The summed E-state index contributed by atoms with van der Waals surface area (Å²) in [4.78, 5) is 0. The van der Waals surface area contributed by atoms with Crippen molar-refractivity contribution in [2.45, 2.75) is 12.8 Å². The van der Waals surface area contributed by atoms with E-state index in [1.54, 1.807) is 7.11 Å². The van der Waals surface area contributed by atoms with Crippen molar-refractivity contribution in [3.63, 3.8) is 0 Å². The van der Waals surface area contributed by atoms with Crippen LogP contribution in [0.4, 0.5) is 4.39 Å². The monoisotopic (exact) mass is 245 g/mol. The molecular formula is C12H17ClFNO. The molecule has 0 saturated carbocycles. The Morgan fingerprint density at radius 1 is 1.38 bits per heavy atom. The van der Waals surface area contributed by atoms with Crippen LogP contribution in [0, 0.1) is 0 Å². The Morgan fingerprint density at radius 3 is 2.44 bits per heavy atom. The van der Waals surface area contributed by atoms with Gasteiger partial charge in [0.05, 0.1) is 13.4 Å². The zero-order chi connectivity index (χ0) is 11.1. The highest BCUT2D eigenvalue weighted by Gasteiger charge is 1.98. The van der Waals surface area contributed by atoms with Gasteiger partial charge in [-0.05, 0) is 36.1 Å². The molecule has 0 bridgehead atoms. The fourth-order valence-electron chi connectivity index (χ4n) is 1.30. The lowest BCUT2D eigenvalue weighted by molar-refractivity contribution is 0.414. The zero-order valence-corrected chi connectivity index (χ0v) is 10.1. The lowest BCUT2D eigenvalue weighted by Crippen LogP contribution is -2.03. The molecule has 2 N–H and O–H groups in total. The van der Waals surface area contributed by atoms with Gasteiger partial charge in [0, 0.05) is 6.54 Å². The molecule has 0 spiro atoms. The Morgan fingerprint density at radius 2 is 2.00 bits per heavy atom. The predicted molar refractivity (Wildman–Crippen MR) is 66.8 cm³/mol. The Kier molecular flexibility index (Phi) is 7.60. The van der Waals surface area contributed by atoms with Gasteiger partial charge in [-0.3, -0.25) is 0 Å². The summed E-state index contributed by atoms with van der Waals surface area (Å²) in [7, 11) is 1.63. The third-order valence-corrected chi connectivity index (χ3v) is 2.31. The van der Waals surface area contributed by atoms with Gasteiger partial charge in [-0.2, -0.15) is 0 Å². The Bertz CT molecular complexity index is 324. The molecule has 1 aromatic rings. The highest BCUT2D eigenvalue weighted by atomic mass is 35.5. The van der Waals surface area contributed by atoms with Crippen LogP contribution in [0.5, 0.6) is 5.75 Å². The maximum atomic E-state index is 12.2. The van der Waals surface area contributed by atoms with E-state index in [1.807, 2.05) is 24.3 Å². The SMILES string of the molecule is COc1ccc(CCC(=CF)CN)cc1.Cl. The minimum Gasteiger partial charge on any atom is -0.497 e. The molecule has 0 saturated heterocycles. The first-order valence-electron chi connectivity index (χ1n) is 4.91. The minimum atomic E-state index is 0. The van der Waals surface area contributed by atoms with E-state index in [1.165, 1.54) is 0 Å². The first-order chi connectivity index (χ1) is 7.30. The van der Waals surface area contributed by atoms with Crippen molar-refractivity contribution in [1.29, 1.82) is 0 Å². The summed E-state index contributed by atoms with van der Waals surface area (Å²) < 4.78 is 17.3. The molecule has 0 fully saturated rings. The number of rotatable bonds is 5. The maximum Gasteiger partial charge on any atom is 0.118 e. The summed E-state index contributed by atoms with van der Waals surface area (Å²) >= 11 is 0. The Balaban J connectivity index is 0.00000225. The van der Waals surface area contributed by atoms with E-state index in [9.17, 15) is 4.39 Å². The zero-order valence-electron chi connectivity index (χ0n) is 9.28. The van der Waals surface area contributed by atoms with Crippen molar-refractivity contribution < 1.29 is 9.13 Å². The molecule has 0 heterocycles. The number of hydrogen-bond donors (Lipinski definition) is 1. The van der Waals surface area contributed by atoms with E-state index >= 15 is 0 Å². The van der Waals surface area contributed by atoms with E-state index in [2.05, 4.69) is 0 Å². The number of hydrogen-bond acceptors (Lipinski definition) is 2. The van der Waals surface area contributed by atoms with Crippen LogP contribution in [-0.2, 0) is 6.42 Å². The molecule has 90 valence electrons. The molecule has 2 nitrogen and oxygen atoms in total. The molecule has 0 unspecified atom stereocenters. The first-order valence-corrected chi connectivity index (χ1v) is 4.91. The van der Waals surface area contributed by atoms with Gasteiger partial charge in [-0.25, -0.2) is 4.39 Å². The first kappa shape index (κ1) is 14.9. The van der Waals surface area contributed by atoms with Crippen molar-refractivity contribution in [2.24, 2.45) is 5.73 Å². The summed E-state index contributed by atoms with van der Waals surface area (Å²) in [6.07, 6.45) is 2.07. The topological polar surface area (TPSA) is 35.2 Å². The largest absolute Gasteiger partial charge is 0.497 e. The van der Waals surface area contributed by atoms with E-state index in [-0.39, 0.29) is 19.0 Å². The van der Waals surface area contributed by atoms with Crippen LogP contribution < -0.4 is 10.5 Å². The van der Waals surface area contributed by atoms with Crippen LogP contribution in [0.1, 0.15) is 12.0 Å². The van der Waals surface area contributed by atoms with E-state index in [4.69, 9.17) is 10.5 Å². The van der Waals surface area contributed by atoms with Gasteiger partial charge in [0.2, 0.25) is 0 Å². The number of methoxy groups -OCH3 is 1. The van der Waals surface area contributed by atoms with Crippen molar-refractivity contribution in [3.05, 3.63) is 41.7 Å². The van der Waals surface area contributed by atoms with Gasteiger partial charge in [-0.1, -0.05) is 12.1 Å². The van der Waals surface area contributed by atoms with E-state index in [0.29, 0.717) is 18.3 Å². The molecular weight excluding hydrogens is 229 g/mol. The smallest absolute Gasteiger partial charge is 0.118 e. The van der Waals surface area contributed by atoms with Gasteiger partial charge in [0.25, 0.3) is 0 Å². The standard InChI is InChI=1S/C12H16FNO.ClH/c1-15-12-6-4-10(5-7-12)2-3-11(8-13)9-14;/h4-8H,2-3,9,14H2,1H3;1H. The molecule has 1 aromatic carbocycles. The molecule has 0 radical (unpaired) electrons. The van der Waals surface area contributed by atoms with Crippen molar-refractivity contribution in [3.8, 4) is 5.75 Å². The molecule has 4 heteroatoms. The molecule has 16 heavy (non-hydrogen) atoms. The van der Waals surface area contributed by atoms with E-state index < -0.39 is 0 Å². The van der Waals surface area contributed by atoms with Crippen molar-refractivity contribution in [1.82, 2.24) is 0 Å². The molecule has 0 aliphatic carbocycles. The predicted octanol–water partition coefficient (Wildman–Crippen LogP) is 2.86. The minimum absolute atomic E-state index is 0. The van der Waals surface area contributed by atoms with Crippen molar-refractivity contribution in [2.75, 3.05) is 13.7 Å². The summed E-state index contributed by atoms with van der Waals surface area (Å²) in [5.41, 5.74) is 7.17. The summed E-state index contributed by atoms with van der Waals surface area (Å²) in [6, 6.07) is 7.75. The van der Waals surface area contributed by atoms with Gasteiger partial charge in [0.1, 0.15) is 5.75 Å². The normalized spacial score (nSPS) is 10.8. The fourth-order valence-corrected chi connectivity index (χ4v) is 1.30. The van der Waals surface area contributed by atoms with Gasteiger partial charge >= 0.3 is 0 Å². The molecule has 0 aliphatic heterocycles. The van der Waals surface area contributed by atoms with Gasteiger partial charge in [-0.15, -0.1) is 12.4 Å². The highest BCUT2D eigenvalue weighted by molar-refractivity contribution is 5.85. The number of benzene rings is 1. The number of halogens is 2. The molecule has 1 rings (SSSR count). The van der Waals surface area contributed by atoms with Crippen molar-refractivity contribution >= 4 is 12.4 Å². The van der Waals surface area contributed by atoms with Gasteiger partial charge < -0.3 is 10.5 Å². The van der Waals surface area contributed by atoms with Crippen LogP contribution >= 0.6 is 12.4 Å². The van der Waals surface area contributed by atoms with Gasteiger partial charge in [0.15, 0.2) is 0 Å². The highest BCUT2D eigenvalue weighted by Crippen LogP contribution is 2.14. The second kappa shape index (κ2) is 8.13. The van der Waals surface area contributed by atoms with Crippen LogP contribution in [0.2, 0.25) is 0 Å². The second-order valence-electron chi connectivity index (χ2n) is 3.32. The lowest BCUT2D eigenvalue weighted by atomic mass is 10.1. The Hall–Kier alpha value is -1.06. The van der Waals surface area contributed by atoms with Crippen LogP contribution in [0.3, 0.4) is 0 Å². The fraction of sp³-hybridized carbons (Fsp3) is 0.333. The average Bonchev–Trinajstić information content (AvgIpc) is 2.31. The van der Waals surface area contributed by atoms with E-state index in [0.717, 1.165) is 17.7 Å². The maximum absolute atomic E-state index is 12.2. The lowest BCUT2D eigenvalue weighted by Gasteiger charge is -2.04. The molecule has 0 aromatic heterocycles. The third-order valence-electron chi connectivity index (χ3n) is 2.31. The summed E-state index contributed by atoms with van der Waals surface area (Å²) in [5.74, 6) is 0.832. The number of ether oxygens (including phenoxy) is 1. The third kappa shape index (κ3) is 4.64. The van der Waals surface area contributed by atoms with Crippen LogP contribution in [0.15, 0.2) is 36.2 Å². The average molecular weight is 246 g/mol. The summed E-state index contributed by atoms with van der Waals surface area (Å²) in [5, 5.41) is 0. The molecule has 0 aliphatic rings. The van der Waals surface area contributed by atoms with Crippen LogP contribution in [-0.4, -0.2) is 13.7 Å². The summed E-state index contributed by atoms with van der Waals surface area (Å²) in [6.45, 7) is 0.284. The van der Waals surface area contributed by atoms with Crippen LogP contribution in [0.25, 0.3) is 0 Å². The number of nitrogens with two attached hydrogens (primary N) is 1. The number of aryl methyl sites for hydroxylation is 1. The Labute approximate surface area is 102 Å². The second-order valence-corrected chi connectivity index (χ2v) is 3.32. The molecule has 0 amide bonds. The molecule has 0 atom stereocenters. The quantitative estimate of drug-likeness (QED) is 0.866.